The van der Waals surface area contributed by atoms with Crippen molar-refractivity contribution in [1.29, 1.82) is 5.26 Å². The second-order valence-electron chi connectivity index (χ2n) is 5.52. The van der Waals surface area contributed by atoms with Gasteiger partial charge in [-0.2, -0.15) is 10.4 Å². The van der Waals surface area contributed by atoms with E-state index in [4.69, 9.17) is 5.26 Å². The molecule has 4 atom stereocenters. The van der Waals surface area contributed by atoms with Gasteiger partial charge in [-0.05, 0) is 55.4 Å². The molecule has 4 rings (SSSR count). The summed E-state index contributed by atoms with van der Waals surface area (Å²) in [6.45, 7) is 0. The first-order valence-electron chi connectivity index (χ1n) is 6.57. The lowest BCUT2D eigenvalue weighted by Crippen LogP contribution is -2.39. The van der Waals surface area contributed by atoms with Crippen LogP contribution in [0.3, 0.4) is 0 Å². The number of nitriles is 1. The van der Waals surface area contributed by atoms with E-state index in [1.807, 2.05) is 24.3 Å². The third-order valence-corrected chi connectivity index (χ3v) is 4.65. The van der Waals surface area contributed by atoms with E-state index in [0.29, 0.717) is 17.6 Å². The molecule has 2 aliphatic carbocycles. The predicted molar refractivity (Wildman–Crippen MR) is 66.9 cm³/mol. The maximum absolute atomic E-state index is 8.82. The van der Waals surface area contributed by atoms with E-state index in [1.165, 1.54) is 19.3 Å². The topological polar surface area (TPSA) is 51.8 Å². The fraction of sp³-hybridized carbons (Fsp3) is 0.500. The molecule has 0 N–H and O–H groups in total. The molecule has 90 valence electrons. The van der Waals surface area contributed by atoms with Crippen LogP contribution in [0.15, 0.2) is 34.6 Å². The average Bonchev–Trinajstić information content (AvgIpc) is 3.11. The third-order valence-electron chi connectivity index (χ3n) is 4.65. The highest BCUT2D eigenvalue weighted by Gasteiger charge is 2.53. The first-order chi connectivity index (χ1) is 8.86. The zero-order chi connectivity index (χ0) is 12.1. The molecule has 4 nitrogen and oxygen atoms in total. The smallest absolute Gasteiger partial charge is 0.0991 e. The van der Waals surface area contributed by atoms with Crippen LogP contribution in [-0.4, -0.2) is 12.1 Å². The molecule has 3 aliphatic rings. The summed E-state index contributed by atoms with van der Waals surface area (Å²) < 4.78 is 0. The molecule has 0 saturated heterocycles. The molecule has 1 aliphatic heterocycles. The molecular weight excluding hydrogens is 224 g/mol. The van der Waals surface area contributed by atoms with Crippen LogP contribution in [-0.2, 0) is 0 Å². The van der Waals surface area contributed by atoms with E-state index in [9.17, 15) is 0 Å². The maximum atomic E-state index is 8.82. The summed E-state index contributed by atoms with van der Waals surface area (Å²) in [5.74, 6) is 1.51. The van der Waals surface area contributed by atoms with Crippen LogP contribution in [0.1, 0.15) is 24.8 Å². The molecule has 2 saturated carbocycles. The number of nitrogens with zero attached hydrogens (tertiary/aromatic N) is 4. The lowest BCUT2D eigenvalue weighted by Gasteiger charge is -2.28. The zero-order valence-electron chi connectivity index (χ0n) is 10.0. The Morgan fingerprint density at radius 3 is 2.72 bits per heavy atom. The van der Waals surface area contributed by atoms with E-state index < -0.39 is 0 Å². The summed E-state index contributed by atoms with van der Waals surface area (Å²) >= 11 is 0. The molecule has 2 bridgehead atoms. The number of hydrogen-bond acceptors (Lipinski definition) is 4. The van der Waals surface area contributed by atoms with Gasteiger partial charge in [0.2, 0.25) is 0 Å². The molecular formula is C14H14N4. The Hall–Kier alpha value is -1.89. The zero-order valence-corrected chi connectivity index (χ0v) is 10.0. The number of hydrogen-bond donors (Lipinski definition) is 0. The van der Waals surface area contributed by atoms with Gasteiger partial charge in [0.25, 0.3) is 0 Å². The summed E-state index contributed by atoms with van der Waals surface area (Å²) in [6.07, 6.45) is 3.97. The molecule has 18 heavy (non-hydrogen) atoms. The Kier molecular flexibility index (Phi) is 1.99. The van der Waals surface area contributed by atoms with Gasteiger partial charge in [0, 0.05) is 0 Å². The second kappa shape index (κ2) is 3.55. The van der Waals surface area contributed by atoms with Crippen LogP contribution in [0, 0.1) is 23.2 Å². The van der Waals surface area contributed by atoms with Crippen molar-refractivity contribution in [2.75, 3.05) is 5.01 Å². The van der Waals surface area contributed by atoms with Gasteiger partial charge in [-0.1, -0.05) is 5.22 Å². The minimum Gasteiger partial charge on any atom is -0.242 e. The summed E-state index contributed by atoms with van der Waals surface area (Å²) in [5.41, 5.74) is 1.76. The molecule has 0 unspecified atom stereocenters. The minimum absolute atomic E-state index is 0.416. The van der Waals surface area contributed by atoms with Gasteiger partial charge >= 0.3 is 0 Å². The van der Waals surface area contributed by atoms with E-state index in [-0.39, 0.29) is 0 Å². The average molecular weight is 238 g/mol. The molecule has 2 fully saturated rings. The Morgan fingerprint density at radius 2 is 1.94 bits per heavy atom. The van der Waals surface area contributed by atoms with Crippen LogP contribution >= 0.6 is 0 Å². The van der Waals surface area contributed by atoms with Crippen molar-refractivity contribution in [3.05, 3.63) is 29.8 Å². The lowest BCUT2D eigenvalue weighted by atomic mass is 9.91. The van der Waals surface area contributed by atoms with Gasteiger partial charge in [0.05, 0.1) is 29.4 Å². The number of anilines is 1. The first kappa shape index (κ1) is 10.1. The summed E-state index contributed by atoms with van der Waals surface area (Å²) in [7, 11) is 0. The van der Waals surface area contributed by atoms with Gasteiger partial charge < -0.3 is 0 Å². The Balaban J connectivity index is 1.66. The highest BCUT2D eigenvalue weighted by Crippen LogP contribution is 2.51. The van der Waals surface area contributed by atoms with Crippen LogP contribution in [0.5, 0.6) is 0 Å². The molecule has 4 heteroatoms. The number of rotatable bonds is 1. The van der Waals surface area contributed by atoms with E-state index in [2.05, 4.69) is 21.4 Å². The molecule has 0 radical (unpaired) electrons. The SMILES string of the molecule is N#Cc1ccc(N2N=N[C@@H]3[C@H]4CC[C@H](C4)[C@@H]32)cc1. The van der Waals surface area contributed by atoms with Crippen molar-refractivity contribution in [1.82, 2.24) is 0 Å². The highest BCUT2D eigenvalue weighted by molar-refractivity contribution is 5.51. The fourth-order valence-electron chi connectivity index (χ4n) is 3.83. The van der Waals surface area contributed by atoms with Crippen molar-refractivity contribution in [2.24, 2.45) is 22.2 Å². The van der Waals surface area contributed by atoms with Crippen LogP contribution in [0.4, 0.5) is 5.69 Å². The van der Waals surface area contributed by atoms with Crippen LogP contribution in [0.2, 0.25) is 0 Å². The summed E-state index contributed by atoms with van der Waals surface area (Å²) in [6, 6.07) is 10.7. The molecule has 0 spiro atoms. The van der Waals surface area contributed by atoms with Crippen molar-refractivity contribution in [2.45, 2.75) is 31.3 Å². The third kappa shape index (κ3) is 1.25. The van der Waals surface area contributed by atoms with Gasteiger partial charge in [-0.25, -0.2) is 5.01 Å². The number of benzene rings is 1. The van der Waals surface area contributed by atoms with Crippen LogP contribution in [0.25, 0.3) is 0 Å². The number of fused-ring (bicyclic) bond motifs is 5. The summed E-state index contributed by atoms with van der Waals surface area (Å²) in [4.78, 5) is 0. The summed E-state index contributed by atoms with van der Waals surface area (Å²) in [5, 5.41) is 19.7. The highest BCUT2D eigenvalue weighted by atomic mass is 15.6. The minimum atomic E-state index is 0.416. The monoisotopic (exact) mass is 238 g/mol. The van der Waals surface area contributed by atoms with Crippen molar-refractivity contribution < 1.29 is 0 Å². The molecule has 0 amide bonds. The van der Waals surface area contributed by atoms with E-state index in [1.54, 1.807) is 0 Å². The standard InChI is InChI=1S/C14H14N4/c15-8-9-1-5-12(6-2-9)18-14-11-4-3-10(7-11)13(14)16-17-18/h1-2,5-6,10-11,13-14H,3-4,7H2/t10-,11+,13+,14-/m0/s1. The normalized spacial score (nSPS) is 35.8. The quantitative estimate of drug-likeness (QED) is 0.755. The maximum Gasteiger partial charge on any atom is 0.0991 e. The van der Waals surface area contributed by atoms with Crippen molar-refractivity contribution in [3.8, 4) is 6.07 Å². The molecule has 1 heterocycles. The Morgan fingerprint density at radius 1 is 1.17 bits per heavy atom. The van der Waals surface area contributed by atoms with Crippen molar-refractivity contribution >= 4 is 5.69 Å². The lowest BCUT2D eigenvalue weighted by molar-refractivity contribution is 0.383. The Bertz CT molecular complexity index is 542. The van der Waals surface area contributed by atoms with Crippen LogP contribution < -0.4 is 5.01 Å². The van der Waals surface area contributed by atoms with Gasteiger partial charge in [0.1, 0.15) is 0 Å². The Labute approximate surface area is 106 Å². The fourth-order valence-corrected chi connectivity index (χ4v) is 3.83. The van der Waals surface area contributed by atoms with Gasteiger partial charge in [-0.15, -0.1) is 0 Å². The largest absolute Gasteiger partial charge is 0.242 e. The van der Waals surface area contributed by atoms with Gasteiger partial charge in [0.15, 0.2) is 0 Å². The van der Waals surface area contributed by atoms with Gasteiger partial charge in [-0.3, -0.25) is 0 Å². The van der Waals surface area contributed by atoms with E-state index >= 15 is 0 Å². The first-order valence-corrected chi connectivity index (χ1v) is 6.57. The molecule has 1 aromatic carbocycles. The molecule has 0 aromatic heterocycles. The van der Waals surface area contributed by atoms with Crippen molar-refractivity contribution in [3.63, 3.8) is 0 Å². The van der Waals surface area contributed by atoms with E-state index in [0.717, 1.165) is 17.5 Å². The predicted octanol–water partition coefficient (Wildman–Crippen LogP) is 2.91. The second-order valence-corrected chi connectivity index (χ2v) is 5.52. The molecule has 1 aromatic rings.